The van der Waals surface area contributed by atoms with Crippen LogP contribution in [-0.2, 0) is 27.8 Å². The summed E-state index contributed by atoms with van der Waals surface area (Å²) in [5.41, 5.74) is 3.37. The number of anilines is 1. The quantitative estimate of drug-likeness (QED) is 0.523. The zero-order valence-corrected chi connectivity index (χ0v) is 19.7. The fourth-order valence-electron chi connectivity index (χ4n) is 4.00. The first-order chi connectivity index (χ1) is 15.4. The second-order valence-corrected chi connectivity index (χ2v) is 10.0. The lowest BCUT2D eigenvalue weighted by atomic mass is 10.00. The van der Waals surface area contributed by atoms with Gasteiger partial charge in [-0.3, -0.25) is 14.0 Å². The van der Waals surface area contributed by atoms with Crippen molar-refractivity contribution in [3.8, 4) is 5.75 Å². The summed E-state index contributed by atoms with van der Waals surface area (Å²) in [6, 6.07) is 15.5. The highest BCUT2D eigenvalue weighted by Crippen LogP contribution is 2.23. The molecule has 1 aliphatic rings. The molecule has 0 bridgehead atoms. The molecule has 0 atom stereocenters. The van der Waals surface area contributed by atoms with E-state index in [-0.39, 0.29) is 18.9 Å². The lowest BCUT2D eigenvalue weighted by molar-refractivity contribution is -0.121. The molecule has 1 aliphatic heterocycles. The van der Waals surface area contributed by atoms with Crippen molar-refractivity contribution in [2.24, 2.45) is 0 Å². The molecule has 0 aromatic heterocycles. The van der Waals surface area contributed by atoms with E-state index in [9.17, 15) is 13.2 Å². The Kier molecular flexibility index (Phi) is 8.53. The maximum Gasteiger partial charge on any atom is 0.232 e. The van der Waals surface area contributed by atoms with Crippen molar-refractivity contribution in [3.63, 3.8) is 0 Å². The Bertz CT molecular complexity index is 1010. The van der Waals surface area contributed by atoms with E-state index in [4.69, 9.17) is 4.74 Å². The van der Waals surface area contributed by atoms with Gasteiger partial charge in [-0.1, -0.05) is 30.3 Å². The molecule has 7 nitrogen and oxygen atoms in total. The van der Waals surface area contributed by atoms with Crippen molar-refractivity contribution in [2.45, 2.75) is 32.2 Å². The van der Waals surface area contributed by atoms with Crippen LogP contribution in [0, 0.1) is 0 Å². The third-order valence-electron chi connectivity index (χ3n) is 5.69. The average Bonchev–Trinajstić information content (AvgIpc) is 2.78. The Morgan fingerprint density at radius 3 is 2.66 bits per heavy atom. The smallest absolute Gasteiger partial charge is 0.232 e. The SMILES string of the molecule is COc1cccc(N(CCCC(=O)NCCCN2CCc3ccccc3C2)S(C)(=O)=O)c1. The molecule has 2 aromatic rings. The molecule has 1 amide bonds. The Balaban J connectivity index is 1.38. The number of rotatable bonds is 11. The fourth-order valence-corrected chi connectivity index (χ4v) is 4.96. The summed E-state index contributed by atoms with van der Waals surface area (Å²) in [5, 5.41) is 2.96. The van der Waals surface area contributed by atoms with Crippen LogP contribution < -0.4 is 14.4 Å². The Morgan fingerprint density at radius 2 is 1.91 bits per heavy atom. The number of hydrogen-bond donors (Lipinski definition) is 1. The zero-order chi connectivity index (χ0) is 23.0. The Hall–Kier alpha value is -2.58. The largest absolute Gasteiger partial charge is 0.497 e. The van der Waals surface area contributed by atoms with Gasteiger partial charge in [0.05, 0.1) is 19.1 Å². The third-order valence-corrected chi connectivity index (χ3v) is 6.88. The van der Waals surface area contributed by atoms with Crippen LogP contribution in [0.2, 0.25) is 0 Å². The van der Waals surface area contributed by atoms with Crippen LogP contribution in [0.5, 0.6) is 5.75 Å². The van der Waals surface area contributed by atoms with E-state index in [0.29, 0.717) is 24.4 Å². The van der Waals surface area contributed by atoms with E-state index in [1.165, 1.54) is 21.7 Å². The number of sulfonamides is 1. The summed E-state index contributed by atoms with van der Waals surface area (Å²) in [6.45, 7) is 3.84. The molecule has 32 heavy (non-hydrogen) atoms. The van der Waals surface area contributed by atoms with Gasteiger partial charge < -0.3 is 10.1 Å². The molecular weight excluding hydrogens is 426 g/mol. The first kappa shape index (κ1) is 24.1. The van der Waals surface area contributed by atoms with Crippen LogP contribution in [0.15, 0.2) is 48.5 Å². The highest BCUT2D eigenvalue weighted by Gasteiger charge is 2.18. The van der Waals surface area contributed by atoms with Crippen molar-refractivity contribution in [3.05, 3.63) is 59.7 Å². The minimum absolute atomic E-state index is 0.0481. The molecule has 0 aliphatic carbocycles. The first-order valence-corrected chi connectivity index (χ1v) is 12.9. The van der Waals surface area contributed by atoms with Crippen LogP contribution in [0.25, 0.3) is 0 Å². The number of methoxy groups -OCH3 is 1. The second kappa shape index (κ2) is 11.3. The lowest BCUT2D eigenvalue weighted by Gasteiger charge is -2.28. The molecule has 1 N–H and O–H groups in total. The van der Waals surface area contributed by atoms with Crippen molar-refractivity contribution in [2.75, 3.05) is 43.8 Å². The van der Waals surface area contributed by atoms with Gasteiger partial charge in [-0.05, 0) is 42.5 Å². The van der Waals surface area contributed by atoms with Gasteiger partial charge in [-0.15, -0.1) is 0 Å². The van der Waals surface area contributed by atoms with Gasteiger partial charge >= 0.3 is 0 Å². The zero-order valence-electron chi connectivity index (χ0n) is 18.9. The summed E-state index contributed by atoms with van der Waals surface area (Å²) in [4.78, 5) is 14.6. The first-order valence-electron chi connectivity index (χ1n) is 11.0. The van der Waals surface area contributed by atoms with Crippen molar-refractivity contribution in [1.82, 2.24) is 10.2 Å². The number of ether oxygens (including phenoxy) is 1. The van der Waals surface area contributed by atoms with Gasteiger partial charge in [0.2, 0.25) is 15.9 Å². The monoisotopic (exact) mass is 459 g/mol. The molecule has 0 saturated heterocycles. The number of benzene rings is 2. The van der Waals surface area contributed by atoms with E-state index in [1.54, 1.807) is 31.4 Å². The molecule has 2 aromatic carbocycles. The van der Waals surface area contributed by atoms with Crippen molar-refractivity contribution < 1.29 is 17.9 Å². The summed E-state index contributed by atoms with van der Waals surface area (Å²) in [6.07, 6.45) is 3.87. The predicted octanol–water partition coefficient (Wildman–Crippen LogP) is 2.81. The van der Waals surface area contributed by atoms with Crippen molar-refractivity contribution >= 4 is 21.6 Å². The van der Waals surface area contributed by atoms with Gasteiger partial charge in [-0.2, -0.15) is 0 Å². The summed E-state index contributed by atoms with van der Waals surface area (Å²) in [7, 11) is -1.91. The number of carbonyl (C=O) groups excluding carboxylic acids is 1. The lowest BCUT2D eigenvalue weighted by Crippen LogP contribution is -2.34. The topological polar surface area (TPSA) is 79.0 Å². The highest BCUT2D eigenvalue weighted by molar-refractivity contribution is 7.92. The molecule has 0 unspecified atom stereocenters. The maximum absolute atomic E-state index is 12.2. The van der Waals surface area contributed by atoms with Crippen LogP contribution in [0.3, 0.4) is 0 Å². The minimum Gasteiger partial charge on any atom is -0.497 e. The minimum atomic E-state index is -3.45. The van der Waals surface area contributed by atoms with E-state index in [0.717, 1.165) is 32.5 Å². The number of hydrogen-bond acceptors (Lipinski definition) is 5. The second-order valence-electron chi connectivity index (χ2n) is 8.14. The molecule has 0 spiro atoms. The normalized spacial score (nSPS) is 13.9. The standard InChI is InChI=1S/C24H33N3O4S/c1-31-23-11-5-10-22(18-23)27(32(2,29)30)16-6-12-24(28)25-14-7-15-26-17-13-20-8-3-4-9-21(20)19-26/h3-5,8-11,18H,6-7,12-17,19H2,1-2H3,(H,25,28). The molecule has 3 rings (SSSR count). The molecule has 0 radical (unpaired) electrons. The number of fused-ring (bicyclic) bond motifs is 1. The van der Waals surface area contributed by atoms with E-state index in [1.807, 2.05) is 0 Å². The van der Waals surface area contributed by atoms with Crippen LogP contribution in [0.4, 0.5) is 5.69 Å². The van der Waals surface area contributed by atoms with E-state index >= 15 is 0 Å². The van der Waals surface area contributed by atoms with Gasteiger partial charge in [-0.25, -0.2) is 8.42 Å². The number of amides is 1. The van der Waals surface area contributed by atoms with Crippen LogP contribution in [-0.4, -0.2) is 58.8 Å². The molecular formula is C24H33N3O4S. The van der Waals surface area contributed by atoms with Crippen molar-refractivity contribution in [1.29, 1.82) is 0 Å². The maximum atomic E-state index is 12.2. The fraction of sp³-hybridized carbons (Fsp3) is 0.458. The third kappa shape index (κ3) is 6.97. The molecule has 8 heteroatoms. The van der Waals surface area contributed by atoms with Gasteiger partial charge in [0.1, 0.15) is 5.75 Å². The summed E-state index contributed by atoms with van der Waals surface area (Å²) < 4.78 is 31.0. The van der Waals surface area contributed by atoms with Gasteiger partial charge in [0, 0.05) is 45.2 Å². The number of carbonyl (C=O) groups is 1. The number of nitrogens with one attached hydrogen (secondary N) is 1. The molecule has 0 saturated carbocycles. The van der Waals surface area contributed by atoms with Crippen LogP contribution in [0.1, 0.15) is 30.4 Å². The molecule has 0 fully saturated rings. The average molecular weight is 460 g/mol. The number of nitrogens with zero attached hydrogens (tertiary/aromatic N) is 2. The van der Waals surface area contributed by atoms with E-state index in [2.05, 4.69) is 34.5 Å². The van der Waals surface area contributed by atoms with Crippen LogP contribution >= 0.6 is 0 Å². The summed E-state index contributed by atoms with van der Waals surface area (Å²) in [5.74, 6) is 0.541. The molecule has 174 valence electrons. The summed E-state index contributed by atoms with van der Waals surface area (Å²) >= 11 is 0. The Labute approximate surface area is 191 Å². The van der Waals surface area contributed by atoms with Gasteiger partial charge in [0.25, 0.3) is 0 Å². The predicted molar refractivity (Wildman–Crippen MR) is 127 cm³/mol. The van der Waals surface area contributed by atoms with E-state index < -0.39 is 10.0 Å². The Morgan fingerprint density at radius 1 is 1.12 bits per heavy atom. The highest BCUT2D eigenvalue weighted by atomic mass is 32.2. The molecule has 1 heterocycles. The van der Waals surface area contributed by atoms with Gasteiger partial charge in [0.15, 0.2) is 0 Å².